The van der Waals surface area contributed by atoms with Gasteiger partial charge in [0.2, 0.25) is 5.91 Å². The lowest BCUT2D eigenvalue weighted by molar-refractivity contribution is -0.129. The number of nitrogens with zero attached hydrogens (tertiary/aromatic N) is 2. The molecule has 1 fully saturated rings. The molecule has 9 nitrogen and oxygen atoms in total. The second-order valence-electron chi connectivity index (χ2n) is 7.59. The summed E-state index contributed by atoms with van der Waals surface area (Å²) in [6.07, 6.45) is 2.90. The molecule has 166 valence electrons. The molecule has 1 aliphatic rings. The number of morpholine rings is 1. The number of hydrogen-bond acceptors (Lipinski definition) is 7. The highest BCUT2D eigenvalue weighted by Crippen LogP contribution is 2.34. The summed E-state index contributed by atoms with van der Waals surface area (Å²) < 4.78 is 16.0. The van der Waals surface area contributed by atoms with Crippen LogP contribution in [0.5, 0.6) is 0 Å². The minimum absolute atomic E-state index is 0.0469. The topological polar surface area (TPSA) is 115 Å². The van der Waals surface area contributed by atoms with Crippen LogP contribution >= 0.6 is 0 Å². The number of fused-ring (bicyclic) bond motifs is 1. The van der Waals surface area contributed by atoms with Crippen molar-refractivity contribution in [2.24, 2.45) is 0 Å². The third-order valence-corrected chi connectivity index (χ3v) is 5.36. The molecule has 32 heavy (non-hydrogen) atoms. The molecular weight excluding hydrogens is 414 g/mol. The van der Waals surface area contributed by atoms with Crippen LogP contribution in [0.25, 0.3) is 16.5 Å². The predicted octanol–water partition coefficient (Wildman–Crippen LogP) is 3.45. The van der Waals surface area contributed by atoms with Gasteiger partial charge >= 0.3 is 0 Å². The monoisotopic (exact) mass is 437 g/mol. The summed E-state index contributed by atoms with van der Waals surface area (Å²) >= 11 is 0. The van der Waals surface area contributed by atoms with Gasteiger partial charge in [-0.15, -0.1) is 0 Å². The molecule has 0 spiro atoms. The number of carbonyl (C=O) groups is 3. The van der Waals surface area contributed by atoms with Gasteiger partial charge in [0.15, 0.2) is 11.5 Å². The first kappa shape index (κ1) is 21.5. The van der Waals surface area contributed by atoms with Crippen LogP contribution in [0, 0.1) is 6.92 Å². The van der Waals surface area contributed by atoms with Crippen molar-refractivity contribution in [2.45, 2.75) is 20.8 Å². The molecule has 1 aromatic carbocycles. The molecule has 1 aliphatic heterocycles. The van der Waals surface area contributed by atoms with E-state index in [1.165, 1.54) is 13.1 Å². The maximum absolute atomic E-state index is 12.7. The van der Waals surface area contributed by atoms with Gasteiger partial charge in [0, 0.05) is 31.5 Å². The van der Waals surface area contributed by atoms with Crippen molar-refractivity contribution < 1.29 is 28.1 Å². The number of amides is 2. The van der Waals surface area contributed by atoms with Crippen molar-refractivity contribution in [2.75, 3.05) is 31.6 Å². The number of hydrogen-bond donors (Lipinski definition) is 1. The van der Waals surface area contributed by atoms with E-state index in [1.807, 2.05) is 13.0 Å². The number of allylic oxidation sites excluding steroid dienone is 1. The number of ether oxygens (including phenoxy) is 1. The molecule has 4 rings (SSSR count). The van der Waals surface area contributed by atoms with Gasteiger partial charge in [-0.25, -0.2) is 0 Å². The van der Waals surface area contributed by atoms with E-state index >= 15 is 0 Å². The third kappa shape index (κ3) is 4.19. The highest BCUT2D eigenvalue weighted by atomic mass is 16.5. The van der Waals surface area contributed by atoms with Crippen LogP contribution in [0.2, 0.25) is 0 Å². The summed E-state index contributed by atoms with van der Waals surface area (Å²) in [5.74, 6) is -0.464. The number of aromatic nitrogens is 1. The molecular formula is C23H23N3O6. The van der Waals surface area contributed by atoms with Gasteiger partial charge in [-0.3, -0.25) is 14.4 Å². The molecule has 0 unspecified atom stereocenters. The maximum Gasteiger partial charge on any atom is 0.261 e. The molecule has 2 amide bonds. The standard InChI is InChI=1S/C23H23N3O6/c1-13(10-20(28)26-6-8-30-9-7-26)16-4-5-19-17(11-16)21(22(31-19)14(2)27)25-23(29)18-12-24-32-15(18)3/h4-5,10-12H,6-9H2,1-3H3,(H,25,29)/b13-10+. The van der Waals surface area contributed by atoms with Gasteiger partial charge < -0.3 is 23.9 Å². The Morgan fingerprint density at radius 2 is 1.91 bits per heavy atom. The number of furan rings is 1. The summed E-state index contributed by atoms with van der Waals surface area (Å²) in [6, 6.07) is 5.32. The molecule has 3 aromatic rings. The maximum atomic E-state index is 12.7. The highest BCUT2D eigenvalue weighted by molar-refractivity contribution is 6.15. The van der Waals surface area contributed by atoms with E-state index in [4.69, 9.17) is 13.7 Å². The Morgan fingerprint density at radius 3 is 2.56 bits per heavy atom. The second kappa shape index (κ2) is 8.80. The molecule has 0 bridgehead atoms. The summed E-state index contributed by atoms with van der Waals surface area (Å²) in [7, 11) is 0. The zero-order valence-corrected chi connectivity index (χ0v) is 18.1. The van der Waals surface area contributed by atoms with Gasteiger partial charge in [0.25, 0.3) is 5.91 Å². The van der Waals surface area contributed by atoms with Gasteiger partial charge in [0.1, 0.15) is 16.9 Å². The number of rotatable bonds is 5. The average molecular weight is 437 g/mol. The molecule has 1 N–H and O–H groups in total. The summed E-state index contributed by atoms with van der Waals surface area (Å²) in [4.78, 5) is 39.2. The normalized spacial score (nSPS) is 14.6. The third-order valence-electron chi connectivity index (χ3n) is 5.36. The highest BCUT2D eigenvalue weighted by Gasteiger charge is 2.23. The van der Waals surface area contributed by atoms with Gasteiger partial charge in [0.05, 0.1) is 25.1 Å². The SMILES string of the molecule is CC(=O)c1oc2ccc(/C(C)=C/C(=O)N3CCOCC3)cc2c1NC(=O)c1cnoc1C. The van der Waals surface area contributed by atoms with E-state index in [-0.39, 0.29) is 28.7 Å². The minimum Gasteiger partial charge on any atom is -0.451 e. The van der Waals surface area contributed by atoms with E-state index in [2.05, 4.69) is 10.5 Å². The first-order chi connectivity index (χ1) is 15.3. The van der Waals surface area contributed by atoms with E-state index < -0.39 is 5.91 Å². The first-order valence-electron chi connectivity index (χ1n) is 10.2. The quantitative estimate of drug-likeness (QED) is 0.480. The van der Waals surface area contributed by atoms with Crippen molar-refractivity contribution in [3.8, 4) is 0 Å². The molecule has 0 aliphatic carbocycles. The largest absolute Gasteiger partial charge is 0.451 e. The van der Waals surface area contributed by atoms with Gasteiger partial charge in [-0.05, 0) is 37.1 Å². The second-order valence-corrected chi connectivity index (χ2v) is 7.59. The van der Waals surface area contributed by atoms with Crippen molar-refractivity contribution >= 4 is 39.8 Å². The number of nitrogens with one attached hydrogen (secondary N) is 1. The Bertz CT molecular complexity index is 1230. The molecule has 0 saturated carbocycles. The van der Waals surface area contributed by atoms with Crippen LogP contribution in [0.4, 0.5) is 5.69 Å². The minimum atomic E-state index is -0.464. The fourth-order valence-electron chi connectivity index (χ4n) is 3.56. The summed E-state index contributed by atoms with van der Waals surface area (Å²) in [6.45, 7) is 7.01. The lowest BCUT2D eigenvalue weighted by Crippen LogP contribution is -2.39. The Labute approximate surface area is 184 Å². The van der Waals surface area contributed by atoms with E-state index in [0.29, 0.717) is 43.0 Å². The van der Waals surface area contributed by atoms with Crippen LogP contribution in [-0.2, 0) is 9.53 Å². The predicted molar refractivity (Wildman–Crippen MR) is 116 cm³/mol. The molecule has 0 atom stereocenters. The van der Waals surface area contributed by atoms with Crippen LogP contribution in [0.15, 0.2) is 39.4 Å². The van der Waals surface area contributed by atoms with Crippen LogP contribution in [0.3, 0.4) is 0 Å². The smallest absolute Gasteiger partial charge is 0.261 e. The molecule has 1 saturated heterocycles. The number of ketones is 1. The van der Waals surface area contributed by atoms with Gasteiger partial charge in [-0.2, -0.15) is 0 Å². The Kier molecular flexibility index (Phi) is 5.91. The average Bonchev–Trinajstić information content (AvgIpc) is 3.37. The van der Waals surface area contributed by atoms with Crippen molar-refractivity contribution in [3.63, 3.8) is 0 Å². The van der Waals surface area contributed by atoms with Crippen LogP contribution < -0.4 is 5.32 Å². The van der Waals surface area contributed by atoms with Crippen molar-refractivity contribution in [1.29, 1.82) is 0 Å². The van der Waals surface area contributed by atoms with Gasteiger partial charge in [-0.1, -0.05) is 11.2 Å². The fraction of sp³-hybridized carbons (Fsp3) is 0.304. The number of Topliss-reactive ketones (excluding diaryl/α,β-unsaturated/α-hetero) is 1. The fourth-order valence-corrected chi connectivity index (χ4v) is 3.56. The number of aryl methyl sites for hydroxylation is 1. The van der Waals surface area contributed by atoms with E-state index in [1.54, 1.807) is 30.0 Å². The van der Waals surface area contributed by atoms with Crippen molar-refractivity contribution in [3.05, 3.63) is 53.1 Å². The zero-order valence-electron chi connectivity index (χ0n) is 18.1. The lowest BCUT2D eigenvalue weighted by atomic mass is 10.0. The summed E-state index contributed by atoms with van der Waals surface area (Å²) in [5.41, 5.74) is 2.50. The van der Waals surface area contributed by atoms with Crippen LogP contribution in [0.1, 0.15) is 46.1 Å². The summed E-state index contributed by atoms with van der Waals surface area (Å²) in [5, 5.41) is 6.93. The Morgan fingerprint density at radius 1 is 1.16 bits per heavy atom. The van der Waals surface area contributed by atoms with Crippen molar-refractivity contribution in [1.82, 2.24) is 10.1 Å². The Hall–Kier alpha value is -3.72. The number of anilines is 1. The lowest BCUT2D eigenvalue weighted by Gasteiger charge is -2.25. The number of benzene rings is 1. The molecule has 2 aromatic heterocycles. The molecule has 3 heterocycles. The van der Waals surface area contributed by atoms with E-state index in [9.17, 15) is 14.4 Å². The van der Waals surface area contributed by atoms with E-state index in [0.717, 1.165) is 11.1 Å². The molecule has 9 heteroatoms. The zero-order chi connectivity index (χ0) is 22.8. The Balaban J connectivity index is 1.69. The molecule has 0 radical (unpaired) electrons. The van der Waals surface area contributed by atoms with Crippen LogP contribution in [-0.4, -0.2) is 54.0 Å². The first-order valence-corrected chi connectivity index (χ1v) is 10.2. The number of carbonyl (C=O) groups excluding carboxylic acids is 3.